The molecule has 2 N–H and O–H groups in total. The summed E-state index contributed by atoms with van der Waals surface area (Å²) < 4.78 is 10.3. The number of Topliss-reactive ketones (excluding diaryl/α,β-unsaturated/α-hetero) is 1. The number of ketones is 1. The van der Waals surface area contributed by atoms with Crippen LogP contribution in [0.15, 0.2) is 42.5 Å². The van der Waals surface area contributed by atoms with Crippen LogP contribution < -0.4 is 14.8 Å². The van der Waals surface area contributed by atoms with Crippen molar-refractivity contribution >= 4 is 17.4 Å². The topological polar surface area (TPSA) is 84.9 Å². The van der Waals surface area contributed by atoms with Crippen LogP contribution in [0.25, 0.3) is 0 Å². The quantitative estimate of drug-likeness (QED) is 0.822. The second kappa shape index (κ2) is 5.98. The average molecular weight is 327 g/mol. The van der Waals surface area contributed by atoms with E-state index in [4.69, 9.17) is 9.47 Å². The second-order valence-electron chi connectivity index (χ2n) is 5.53. The highest BCUT2D eigenvalue weighted by molar-refractivity contribution is 6.10. The van der Waals surface area contributed by atoms with E-state index in [1.54, 1.807) is 36.4 Å². The second-order valence-corrected chi connectivity index (χ2v) is 5.53. The molecule has 3 rings (SSSR count). The van der Waals surface area contributed by atoms with Gasteiger partial charge in [-0.25, -0.2) is 0 Å². The molecule has 0 radical (unpaired) electrons. The summed E-state index contributed by atoms with van der Waals surface area (Å²) in [5.74, 6) is -0.183. The molecule has 1 amide bonds. The monoisotopic (exact) mass is 327 g/mol. The Bertz CT molecular complexity index is 817. The molecule has 2 aromatic carbocycles. The molecule has 0 aliphatic carbocycles. The summed E-state index contributed by atoms with van der Waals surface area (Å²) in [6, 6.07) is 11.6. The standard InChI is InChI=1S/C18H17NO5/c1-23-11-7-8-16(24-2)12(9-11)15(20)10-18(22)13-5-3-4-6-14(13)19-17(18)21/h3-9,22H,10H2,1-2H3,(H,19,21). The van der Waals surface area contributed by atoms with E-state index in [2.05, 4.69) is 5.32 Å². The zero-order valence-corrected chi connectivity index (χ0v) is 13.3. The Balaban J connectivity index is 1.97. The zero-order chi connectivity index (χ0) is 17.3. The first-order chi connectivity index (χ1) is 11.5. The summed E-state index contributed by atoms with van der Waals surface area (Å²) >= 11 is 0. The van der Waals surface area contributed by atoms with E-state index in [0.29, 0.717) is 22.7 Å². The molecule has 0 saturated heterocycles. The molecule has 6 heteroatoms. The number of para-hydroxylation sites is 1. The van der Waals surface area contributed by atoms with E-state index in [1.165, 1.54) is 20.3 Å². The maximum atomic E-state index is 12.7. The molecule has 24 heavy (non-hydrogen) atoms. The van der Waals surface area contributed by atoms with E-state index in [1.807, 2.05) is 0 Å². The maximum Gasteiger partial charge on any atom is 0.261 e. The van der Waals surface area contributed by atoms with E-state index >= 15 is 0 Å². The smallest absolute Gasteiger partial charge is 0.261 e. The number of ether oxygens (including phenoxy) is 2. The van der Waals surface area contributed by atoms with Crippen LogP contribution in [-0.2, 0) is 10.4 Å². The number of fused-ring (bicyclic) bond motifs is 1. The first kappa shape index (κ1) is 16.0. The molecule has 0 saturated carbocycles. The van der Waals surface area contributed by atoms with Gasteiger partial charge in [0, 0.05) is 11.3 Å². The molecule has 1 atom stereocenters. The molecular formula is C18H17NO5. The van der Waals surface area contributed by atoms with Crippen molar-refractivity contribution < 1.29 is 24.2 Å². The Morgan fingerprint density at radius 2 is 1.92 bits per heavy atom. The van der Waals surface area contributed by atoms with Gasteiger partial charge in [0.15, 0.2) is 11.4 Å². The summed E-state index contributed by atoms with van der Waals surface area (Å²) in [6.45, 7) is 0. The fourth-order valence-corrected chi connectivity index (χ4v) is 2.84. The van der Waals surface area contributed by atoms with Crippen LogP contribution in [0.4, 0.5) is 5.69 Å². The van der Waals surface area contributed by atoms with Gasteiger partial charge in [-0.1, -0.05) is 18.2 Å². The molecule has 124 valence electrons. The molecule has 1 unspecified atom stereocenters. The minimum Gasteiger partial charge on any atom is -0.497 e. The third-order valence-electron chi connectivity index (χ3n) is 4.12. The highest BCUT2D eigenvalue weighted by Gasteiger charge is 2.46. The lowest BCUT2D eigenvalue weighted by molar-refractivity contribution is -0.133. The predicted molar refractivity (Wildman–Crippen MR) is 87.5 cm³/mol. The largest absolute Gasteiger partial charge is 0.497 e. The summed E-state index contributed by atoms with van der Waals surface area (Å²) in [6.07, 6.45) is -0.390. The molecule has 0 spiro atoms. The number of hydrogen-bond donors (Lipinski definition) is 2. The van der Waals surface area contributed by atoms with Gasteiger partial charge in [-0.3, -0.25) is 9.59 Å². The summed E-state index contributed by atoms with van der Waals surface area (Å²) in [5.41, 5.74) is -0.745. The lowest BCUT2D eigenvalue weighted by Crippen LogP contribution is -2.36. The summed E-state index contributed by atoms with van der Waals surface area (Å²) in [7, 11) is 2.94. The molecule has 1 aliphatic heterocycles. The molecule has 0 bridgehead atoms. The third-order valence-corrected chi connectivity index (χ3v) is 4.12. The molecular weight excluding hydrogens is 310 g/mol. The zero-order valence-electron chi connectivity index (χ0n) is 13.3. The number of carbonyl (C=O) groups is 2. The Labute approximate surface area is 139 Å². The number of nitrogens with one attached hydrogen (secondary N) is 1. The summed E-state index contributed by atoms with van der Waals surface area (Å²) in [5, 5.41) is 13.4. The Morgan fingerprint density at radius 1 is 1.17 bits per heavy atom. The van der Waals surface area contributed by atoms with Gasteiger partial charge in [0.25, 0.3) is 5.91 Å². The van der Waals surface area contributed by atoms with Gasteiger partial charge in [-0.15, -0.1) is 0 Å². The fourth-order valence-electron chi connectivity index (χ4n) is 2.84. The van der Waals surface area contributed by atoms with Crippen LogP contribution >= 0.6 is 0 Å². The Kier molecular flexibility index (Phi) is 3.99. The lowest BCUT2D eigenvalue weighted by atomic mass is 9.88. The number of benzene rings is 2. The minimum atomic E-state index is -1.90. The number of amides is 1. The molecule has 6 nitrogen and oxygen atoms in total. The maximum absolute atomic E-state index is 12.7. The molecule has 1 heterocycles. The van der Waals surface area contributed by atoms with Crippen LogP contribution in [-0.4, -0.2) is 31.0 Å². The normalized spacial score (nSPS) is 18.7. The highest BCUT2D eigenvalue weighted by Crippen LogP contribution is 2.39. The first-order valence-corrected chi connectivity index (χ1v) is 7.38. The van der Waals surface area contributed by atoms with Crippen LogP contribution in [0, 0.1) is 0 Å². The van der Waals surface area contributed by atoms with Crippen molar-refractivity contribution in [2.75, 3.05) is 19.5 Å². The Morgan fingerprint density at radius 3 is 2.62 bits per heavy atom. The van der Waals surface area contributed by atoms with Crippen molar-refractivity contribution in [2.24, 2.45) is 0 Å². The van der Waals surface area contributed by atoms with Crippen molar-refractivity contribution in [3.63, 3.8) is 0 Å². The average Bonchev–Trinajstić information content (AvgIpc) is 2.85. The van der Waals surface area contributed by atoms with Crippen LogP contribution in [0.1, 0.15) is 22.3 Å². The predicted octanol–water partition coefficient (Wildman–Crippen LogP) is 2.12. The van der Waals surface area contributed by atoms with Crippen LogP contribution in [0.3, 0.4) is 0 Å². The molecule has 1 aliphatic rings. The van der Waals surface area contributed by atoms with Crippen molar-refractivity contribution in [3.05, 3.63) is 53.6 Å². The van der Waals surface area contributed by atoms with Crippen LogP contribution in [0.5, 0.6) is 11.5 Å². The van der Waals surface area contributed by atoms with Crippen LogP contribution in [0.2, 0.25) is 0 Å². The van der Waals surface area contributed by atoms with E-state index in [-0.39, 0.29) is 12.0 Å². The van der Waals surface area contributed by atoms with E-state index in [0.717, 1.165) is 0 Å². The van der Waals surface area contributed by atoms with E-state index < -0.39 is 17.3 Å². The minimum absolute atomic E-state index is 0.252. The Hall–Kier alpha value is -2.86. The fraction of sp³-hybridized carbons (Fsp3) is 0.222. The van der Waals surface area contributed by atoms with Gasteiger partial charge in [0.1, 0.15) is 11.5 Å². The SMILES string of the molecule is COc1ccc(OC)c(C(=O)CC2(O)C(=O)Nc3ccccc32)c1. The van der Waals surface area contributed by atoms with E-state index in [9.17, 15) is 14.7 Å². The summed E-state index contributed by atoms with van der Waals surface area (Å²) in [4.78, 5) is 25.0. The molecule has 0 aromatic heterocycles. The number of carbonyl (C=O) groups excluding carboxylic acids is 2. The highest BCUT2D eigenvalue weighted by atomic mass is 16.5. The van der Waals surface area contributed by atoms with Crippen molar-refractivity contribution in [2.45, 2.75) is 12.0 Å². The van der Waals surface area contributed by atoms with Crippen molar-refractivity contribution in [1.82, 2.24) is 0 Å². The molecule has 2 aromatic rings. The first-order valence-electron chi connectivity index (χ1n) is 7.38. The van der Waals surface area contributed by atoms with Crippen molar-refractivity contribution in [1.29, 1.82) is 0 Å². The van der Waals surface area contributed by atoms with Gasteiger partial charge in [0.2, 0.25) is 0 Å². The van der Waals surface area contributed by atoms with Gasteiger partial charge in [-0.05, 0) is 24.3 Å². The number of anilines is 1. The number of rotatable bonds is 5. The lowest BCUT2D eigenvalue weighted by Gasteiger charge is -2.20. The number of aliphatic hydroxyl groups is 1. The van der Waals surface area contributed by atoms with Crippen molar-refractivity contribution in [3.8, 4) is 11.5 Å². The van der Waals surface area contributed by atoms with Gasteiger partial charge < -0.3 is 19.9 Å². The third kappa shape index (κ3) is 2.51. The number of methoxy groups -OCH3 is 2. The van der Waals surface area contributed by atoms with Gasteiger partial charge in [-0.2, -0.15) is 0 Å². The number of hydrogen-bond acceptors (Lipinski definition) is 5. The van der Waals surface area contributed by atoms with Gasteiger partial charge >= 0.3 is 0 Å². The molecule has 0 fully saturated rings. The van der Waals surface area contributed by atoms with Gasteiger partial charge in [0.05, 0.1) is 26.2 Å².